The van der Waals surface area contributed by atoms with Gasteiger partial charge < -0.3 is 4.74 Å². The van der Waals surface area contributed by atoms with E-state index >= 15 is 0 Å². The molecule has 2 rings (SSSR count). The monoisotopic (exact) mass is 340 g/mol. The van der Waals surface area contributed by atoms with Crippen LogP contribution in [0.5, 0.6) is 5.75 Å². The number of hydrogen-bond acceptors (Lipinski definition) is 4. The molecule has 1 aromatic heterocycles. The van der Waals surface area contributed by atoms with E-state index in [4.69, 9.17) is 16.3 Å². The van der Waals surface area contributed by atoms with Crippen molar-refractivity contribution in [3.63, 3.8) is 0 Å². The van der Waals surface area contributed by atoms with E-state index < -0.39 is 17.8 Å². The van der Waals surface area contributed by atoms with E-state index in [2.05, 4.69) is 15.4 Å². The van der Waals surface area contributed by atoms with Crippen LogP contribution in [-0.4, -0.2) is 26.8 Å². The maximum atomic E-state index is 13.0. The molecule has 2 aromatic rings. The molecule has 1 amide bonds. The first-order valence-corrected chi connectivity index (χ1v) is 7.49. The number of aryl methyl sites for hydroxylation is 1. The van der Waals surface area contributed by atoms with Gasteiger partial charge in [-0.1, -0.05) is 25.4 Å². The molecule has 0 saturated carbocycles. The van der Waals surface area contributed by atoms with Crippen molar-refractivity contribution in [2.24, 2.45) is 7.05 Å². The second-order valence-electron chi connectivity index (χ2n) is 5.40. The molecular weight excluding hydrogens is 323 g/mol. The molecule has 0 saturated heterocycles. The Labute approximate surface area is 138 Å². The van der Waals surface area contributed by atoms with Gasteiger partial charge in [0.1, 0.15) is 11.6 Å². The number of hydrogen-bond donors (Lipinski definition) is 1. The summed E-state index contributed by atoms with van der Waals surface area (Å²) in [6.07, 6.45) is -0.836. The minimum Gasteiger partial charge on any atom is -0.479 e. The molecule has 0 spiro atoms. The van der Waals surface area contributed by atoms with E-state index in [1.807, 2.05) is 13.8 Å². The van der Waals surface area contributed by atoms with Crippen LogP contribution in [0.4, 0.5) is 10.3 Å². The molecule has 1 aromatic carbocycles. The van der Waals surface area contributed by atoms with Gasteiger partial charge in [0.2, 0.25) is 5.95 Å². The van der Waals surface area contributed by atoms with Gasteiger partial charge in [-0.3, -0.25) is 10.1 Å². The molecule has 1 heterocycles. The molecule has 0 aliphatic rings. The molecule has 0 unspecified atom stereocenters. The first kappa shape index (κ1) is 17.2. The molecule has 0 fully saturated rings. The highest BCUT2D eigenvalue weighted by Gasteiger charge is 2.19. The lowest BCUT2D eigenvalue weighted by atomic mass is 10.2. The van der Waals surface area contributed by atoms with Crippen molar-refractivity contribution < 1.29 is 13.9 Å². The number of aromatic nitrogens is 3. The topological polar surface area (TPSA) is 69.0 Å². The molecule has 0 aliphatic carbocycles. The van der Waals surface area contributed by atoms with Crippen LogP contribution >= 0.6 is 11.6 Å². The molecule has 1 N–H and O–H groups in total. The van der Waals surface area contributed by atoms with Gasteiger partial charge >= 0.3 is 0 Å². The Morgan fingerprint density at radius 3 is 2.65 bits per heavy atom. The quantitative estimate of drug-likeness (QED) is 0.907. The van der Waals surface area contributed by atoms with E-state index in [0.717, 1.165) is 6.07 Å². The van der Waals surface area contributed by atoms with Gasteiger partial charge in [0.25, 0.3) is 5.91 Å². The standard InChI is InChI=1S/C15H18ClFN4O2/c1-8(2)13-18-15(21(4)20-13)19-14(22)9(3)23-12-6-5-10(17)7-11(12)16/h5-9H,1-4H3,(H,18,19,20,22)/t9-/m0/s1. The van der Waals surface area contributed by atoms with Crippen molar-refractivity contribution in [2.75, 3.05) is 5.32 Å². The van der Waals surface area contributed by atoms with E-state index in [0.29, 0.717) is 11.8 Å². The van der Waals surface area contributed by atoms with Crippen molar-refractivity contribution >= 4 is 23.5 Å². The summed E-state index contributed by atoms with van der Waals surface area (Å²) in [7, 11) is 1.69. The highest BCUT2D eigenvalue weighted by Crippen LogP contribution is 2.26. The first-order valence-electron chi connectivity index (χ1n) is 7.11. The SMILES string of the molecule is CC(C)c1nc(NC(=O)[C@H](C)Oc2ccc(F)cc2Cl)n(C)n1. The van der Waals surface area contributed by atoms with Gasteiger partial charge in [0.15, 0.2) is 11.9 Å². The van der Waals surface area contributed by atoms with Gasteiger partial charge in [0, 0.05) is 13.0 Å². The van der Waals surface area contributed by atoms with Crippen molar-refractivity contribution in [3.05, 3.63) is 34.9 Å². The fraction of sp³-hybridized carbons (Fsp3) is 0.400. The van der Waals surface area contributed by atoms with Crippen LogP contribution in [0.15, 0.2) is 18.2 Å². The number of nitrogens with zero attached hydrogens (tertiary/aromatic N) is 3. The first-order chi connectivity index (χ1) is 10.8. The summed E-state index contributed by atoms with van der Waals surface area (Å²) in [4.78, 5) is 16.4. The fourth-order valence-electron chi connectivity index (χ4n) is 1.78. The lowest BCUT2D eigenvalue weighted by Crippen LogP contribution is -2.31. The van der Waals surface area contributed by atoms with Gasteiger partial charge in [-0.05, 0) is 25.1 Å². The lowest BCUT2D eigenvalue weighted by molar-refractivity contribution is -0.122. The van der Waals surface area contributed by atoms with Gasteiger partial charge in [-0.15, -0.1) is 0 Å². The maximum Gasteiger partial charge on any atom is 0.267 e. The summed E-state index contributed by atoms with van der Waals surface area (Å²) in [5, 5.41) is 6.96. The summed E-state index contributed by atoms with van der Waals surface area (Å²) in [5.41, 5.74) is 0. The number of nitrogens with one attached hydrogen (secondary N) is 1. The Kier molecular flexibility index (Phi) is 5.20. The summed E-state index contributed by atoms with van der Waals surface area (Å²) < 4.78 is 20.0. The highest BCUT2D eigenvalue weighted by atomic mass is 35.5. The van der Waals surface area contributed by atoms with E-state index in [1.165, 1.54) is 16.8 Å². The van der Waals surface area contributed by atoms with Gasteiger partial charge in [-0.25, -0.2) is 9.07 Å². The van der Waals surface area contributed by atoms with Crippen LogP contribution in [-0.2, 0) is 11.8 Å². The minimum atomic E-state index is -0.836. The van der Waals surface area contributed by atoms with Crippen molar-refractivity contribution in [2.45, 2.75) is 32.8 Å². The average molecular weight is 341 g/mol. The zero-order chi connectivity index (χ0) is 17.1. The zero-order valence-electron chi connectivity index (χ0n) is 13.3. The Hall–Kier alpha value is -2.15. The number of benzene rings is 1. The van der Waals surface area contributed by atoms with Gasteiger partial charge in [-0.2, -0.15) is 10.1 Å². The van der Waals surface area contributed by atoms with Gasteiger partial charge in [0.05, 0.1) is 5.02 Å². The third-order valence-electron chi connectivity index (χ3n) is 3.10. The number of carbonyl (C=O) groups is 1. The predicted octanol–water partition coefficient (Wildman–Crippen LogP) is 3.14. The molecule has 0 bridgehead atoms. The number of carbonyl (C=O) groups excluding carboxylic acids is 1. The van der Waals surface area contributed by atoms with E-state index in [1.54, 1.807) is 14.0 Å². The van der Waals surface area contributed by atoms with Crippen molar-refractivity contribution in [1.29, 1.82) is 0 Å². The van der Waals surface area contributed by atoms with Crippen LogP contribution in [0.25, 0.3) is 0 Å². The number of rotatable bonds is 5. The number of amides is 1. The maximum absolute atomic E-state index is 13.0. The van der Waals surface area contributed by atoms with Crippen molar-refractivity contribution in [3.8, 4) is 5.75 Å². The Balaban J connectivity index is 2.05. The minimum absolute atomic E-state index is 0.102. The number of ether oxygens (including phenoxy) is 1. The summed E-state index contributed by atoms with van der Waals surface area (Å²) in [6, 6.07) is 3.71. The highest BCUT2D eigenvalue weighted by molar-refractivity contribution is 6.32. The Bertz CT molecular complexity index is 717. The van der Waals surface area contributed by atoms with Crippen LogP contribution < -0.4 is 10.1 Å². The predicted molar refractivity (Wildman–Crippen MR) is 85.2 cm³/mol. The summed E-state index contributed by atoms with van der Waals surface area (Å²) in [6.45, 7) is 5.49. The average Bonchev–Trinajstić information content (AvgIpc) is 2.83. The third kappa shape index (κ3) is 4.19. The zero-order valence-corrected chi connectivity index (χ0v) is 14.1. The van der Waals surface area contributed by atoms with E-state index in [-0.39, 0.29) is 16.7 Å². The molecule has 0 radical (unpaired) electrons. The lowest BCUT2D eigenvalue weighted by Gasteiger charge is -2.15. The second-order valence-corrected chi connectivity index (χ2v) is 5.80. The van der Waals surface area contributed by atoms with Crippen LogP contribution in [0.3, 0.4) is 0 Å². The molecular formula is C15H18ClFN4O2. The fourth-order valence-corrected chi connectivity index (χ4v) is 2.00. The van der Waals surface area contributed by atoms with Crippen LogP contribution in [0.2, 0.25) is 5.02 Å². The largest absolute Gasteiger partial charge is 0.479 e. The smallest absolute Gasteiger partial charge is 0.267 e. The molecule has 23 heavy (non-hydrogen) atoms. The Morgan fingerprint density at radius 1 is 1.39 bits per heavy atom. The molecule has 8 heteroatoms. The second kappa shape index (κ2) is 6.95. The third-order valence-corrected chi connectivity index (χ3v) is 3.39. The number of anilines is 1. The molecule has 0 aliphatic heterocycles. The van der Waals surface area contributed by atoms with Crippen LogP contribution in [0, 0.1) is 5.82 Å². The molecule has 1 atom stereocenters. The van der Waals surface area contributed by atoms with Crippen LogP contribution in [0.1, 0.15) is 32.5 Å². The summed E-state index contributed by atoms with van der Waals surface area (Å²) >= 11 is 5.88. The Morgan fingerprint density at radius 2 is 2.09 bits per heavy atom. The normalized spacial score (nSPS) is 12.3. The van der Waals surface area contributed by atoms with Crippen molar-refractivity contribution in [1.82, 2.24) is 14.8 Å². The number of halogens is 2. The van der Waals surface area contributed by atoms with E-state index in [9.17, 15) is 9.18 Å². The molecule has 124 valence electrons. The molecule has 6 nitrogen and oxygen atoms in total. The summed E-state index contributed by atoms with van der Waals surface area (Å²) in [5.74, 6) is 0.475.